The number of likely N-dealkylation sites (tertiary alicyclic amines) is 1. The van der Waals surface area contributed by atoms with Crippen LogP contribution in [0.2, 0.25) is 0 Å². The number of likely N-dealkylation sites (N-methyl/N-ethyl adjacent to an activating group) is 1. The molecule has 5 fully saturated rings. The van der Waals surface area contributed by atoms with Gasteiger partial charge in [-0.1, -0.05) is 24.8 Å². The molecule has 1 saturated heterocycles. The molecule has 1 heterocycles. The molecule has 0 radical (unpaired) electrons. The number of hydrogen-bond donors (Lipinski definition) is 0. The minimum Gasteiger partial charge on any atom is -0.490 e. The standard InChI is InChI=1S/C27H36N2O3/c1-3-11-32-23-8-6-19(7-9-23)18-28(2)25(30)24-5-4-10-29(24)26(31)27-15-20-12-21(16-27)14-22(13-20)17-27/h3,6-9,20-22,24H,1,4-5,10-18H2,2H3. The van der Waals surface area contributed by atoms with E-state index >= 15 is 0 Å². The van der Waals surface area contributed by atoms with E-state index in [-0.39, 0.29) is 17.4 Å². The first-order valence-electron chi connectivity index (χ1n) is 12.4. The first-order valence-corrected chi connectivity index (χ1v) is 12.4. The zero-order valence-electron chi connectivity index (χ0n) is 19.3. The van der Waals surface area contributed by atoms with Crippen molar-refractivity contribution in [3.63, 3.8) is 0 Å². The summed E-state index contributed by atoms with van der Waals surface area (Å²) in [4.78, 5) is 31.0. The molecule has 4 aliphatic carbocycles. The number of amides is 2. The molecule has 1 atom stereocenters. The summed E-state index contributed by atoms with van der Waals surface area (Å²) >= 11 is 0. The maximum atomic E-state index is 13.9. The van der Waals surface area contributed by atoms with Gasteiger partial charge in [0.1, 0.15) is 18.4 Å². The van der Waals surface area contributed by atoms with Gasteiger partial charge in [0.25, 0.3) is 0 Å². The van der Waals surface area contributed by atoms with E-state index in [2.05, 4.69) is 6.58 Å². The fourth-order valence-corrected chi connectivity index (χ4v) is 7.40. The highest BCUT2D eigenvalue weighted by Crippen LogP contribution is 2.60. The van der Waals surface area contributed by atoms with E-state index in [0.717, 1.165) is 67.7 Å². The Kier molecular flexibility index (Phi) is 5.77. The van der Waals surface area contributed by atoms with E-state index in [0.29, 0.717) is 19.1 Å². The predicted octanol–water partition coefficient (Wildman–Crippen LogP) is 4.42. The Labute approximate surface area is 191 Å². The molecule has 5 nitrogen and oxygen atoms in total. The summed E-state index contributed by atoms with van der Waals surface area (Å²) in [6.45, 7) is 5.42. The van der Waals surface area contributed by atoms with E-state index in [1.165, 1.54) is 19.3 Å². The van der Waals surface area contributed by atoms with Crippen molar-refractivity contribution in [2.24, 2.45) is 23.2 Å². The second-order valence-corrected chi connectivity index (χ2v) is 10.8. The molecule has 1 aromatic rings. The third-order valence-electron chi connectivity index (χ3n) is 8.38. The van der Waals surface area contributed by atoms with Crippen LogP contribution in [-0.2, 0) is 16.1 Å². The lowest BCUT2D eigenvalue weighted by Crippen LogP contribution is -2.57. The quantitative estimate of drug-likeness (QED) is 0.595. The minimum atomic E-state index is -0.296. The van der Waals surface area contributed by atoms with Gasteiger partial charge in [-0.3, -0.25) is 9.59 Å². The monoisotopic (exact) mass is 436 g/mol. The van der Waals surface area contributed by atoms with E-state index in [9.17, 15) is 9.59 Å². The van der Waals surface area contributed by atoms with Crippen LogP contribution in [0, 0.1) is 23.2 Å². The van der Waals surface area contributed by atoms with Crippen molar-refractivity contribution in [1.82, 2.24) is 9.80 Å². The average molecular weight is 437 g/mol. The summed E-state index contributed by atoms with van der Waals surface area (Å²) in [6, 6.07) is 7.55. The average Bonchev–Trinajstić information content (AvgIpc) is 3.26. The van der Waals surface area contributed by atoms with E-state index < -0.39 is 0 Å². The van der Waals surface area contributed by atoms with Crippen LogP contribution in [0.3, 0.4) is 0 Å². The predicted molar refractivity (Wildman–Crippen MR) is 124 cm³/mol. The van der Waals surface area contributed by atoms with Crippen molar-refractivity contribution in [3.8, 4) is 5.75 Å². The Morgan fingerprint density at radius 1 is 1.12 bits per heavy atom. The van der Waals surface area contributed by atoms with Gasteiger partial charge >= 0.3 is 0 Å². The van der Waals surface area contributed by atoms with Crippen LogP contribution < -0.4 is 4.74 Å². The van der Waals surface area contributed by atoms with Crippen molar-refractivity contribution in [3.05, 3.63) is 42.5 Å². The van der Waals surface area contributed by atoms with Crippen molar-refractivity contribution >= 4 is 11.8 Å². The second-order valence-electron chi connectivity index (χ2n) is 10.8. The van der Waals surface area contributed by atoms with Crippen LogP contribution in [0.15, 0.2) is 36.9 Å². The maximum Gasteiger partial charge on any atom is 0.245 e. The summed E-state index contributed by atoms with van der Waals surface area (Å²) < 4.78 is 5.54. The zero-order valence-corrected chi connectivity index (χ0v) is 19.3. The second kappa shape index (κ2) is 8.57. The smallest absolute Gasteiger partial charge is 0.245 e. The third-order valence-corrected chi connectivity index (χ3v) is 8.38. The van der Waals surface area contributed by atoms with Crippen LogP contribution in [-0.4, -0.2) is 47.9 Å². The molecule has 2 amide bonds. The fourth-order valence-electron chi connectivity index (χ4n) is 7.40. The Balaban J connectivity index is 1.24. The lowest BCUT2D eigenvalue weighted by molar-refractivity contribution is -0.161. The number of benzene rings is 1. The summed E-state index contributed by atoms with van der Waals surface area (Å²) in [5.41, 5.74) is 0.890. The van der Waals surface area contributed by atoms with Gasteiger partial charge in [-0.05, 0) is 86.8 Å². The normalized spacial score (nSPS) is 32.7. The molecular weight excluding hydrogens is 400 g/mol. The minimum absolute atomic E-state index is 0.0764. The highest BCUT2D eigenvalue weighted by atomic mass is 16.5. The number of ether oxygens (including phenoxy) is 1. The summed E-state index contributed by atoms with van der Waals surface area (Å²) in [5.74, 6) is 3.39. The number of nitrogens with zero attached hydrogens (tertiary/aromatic N) is 2. The molecule has 4 saturated carbocycles. The van der Waals surface area contributed by atoms with E-state index in [1.54, 1.807) is 11.0 Å². The molecule has 1 aromatic carbocycles. The number of carbonyl (C=O) groups is 2. The molecule has 4 bridgehead atoms. The summed E-state index contributed by atoms with van der Waals surface area (Å²) in [6.07, 6.45) is 10.6. The zero-order chi connectivity index (χ0) is 22.3. The molecule has 172 valence electrons. The van der Waals surface area contributed by atoms with E-state index in [1.807, 2.05) is 36.2 Å². The number of rotatable bonds is 7. The molecule has 32 heavy (non-hydrogen) atoms. The van der Waals surface area contributed by atoms with Crippen LogP contribution in [0.1, 0.15) is 56.9 Å². The molecule has 0 N–H and O–H groups in total. The SMILES string of the molecule is C=CCOc1ccc(CN(C)C(=O)C2CCCN2C(=O)C23CC4CC(CC(C4)C2)C3)cc1. The van der Waals surface area contributed by atoms with Crippen molar-refractivity contribution in [2.45, 2.75) is 64.0 Å². The Bertz CT molecular complexity index is 842. The lowest BCUT2D eigenvalue weighted by Gasteiger charge is -2.56. The van der Waals surface area contributed by atoms with Crippen molar-refractivity contribution < 1.29 is 14.3 Å². The van der Waals surface area contributed by atoms with Crippen LogP contribution in [0.5, 0.6) is 5.75 Å². The highest BCUT2D eigenvalue weighted by molar-refractivity contribution is 5.91. The van der Waals surface area contributed by atoms with Gasteiger partial charge in [0.2, 0.25) is 11.8 Å². The Morgan fingerprint density at radius 3 is 2.34 bits per heavy atom. The Hall–Kier alpha value is -2.30. The van der Waals surface area contributed by atoms with Crippen molar-refractivity contribution in [2.75, 3.05) is 20.2 Å². The molecule has 6 rings (SSSR count). The van der Waals surface area contributed by atoms with Crippen LogP contribution >= 0.6 is 0 Å². The molecule has 0 aromatic heterocycles. The van der Waals surface area contributed by atoms with Crippen molar-refractivity contribution in [1.29, 1.82) is 0 Å². The van der Waals surface area contributed by atoms with E-state index in [4.69, 9.17) is 4.74 Å². The topological polar surface area (TPSA) is 49.9 Å². The summed E-state index contributed by atoms with van der Waals surface area (Å²) in [5, 5.41) is 0. The largest absolute Gasteiger partial charge is 0.490 e. The molecule has 5 heteroatoms. The molecular formula is C27H36N2O3. The third kappa shape index (κ3) is 3.95. The Morgan fingerprint density at radius 2 is 1.75 bits per heavy atom. The van der Waals surface area contributed by atoms with Gasteiger partial charge in [-0.25, -0.2) is 0 Å². The molecule has 1 aliphatic heterocycles. The first-order chi connectivity index (χ1) is 15.5. The maximum absolute atomic E-state index is 13.9. The van der Waals surface area contributed by atoms with Gasteiger partial charge in [-0.15, -0.1) is 0 Å². The molecule has 0 spiro atoms. The number of carbonyl (C=O) groups excluding carboxylic acids is 2. The van der Waals surface area contributed by atoms with Gasteiger partial charge in [0, 0.05) is 20.1 Å². The lowest BCUT2D eigenvalue weighted by atomic mass is 9.49. The number of hydrogen-bond acceptors (Lipinski definition) is 3. The fraction of sp³-hybridized carbons (Fsp3) is 0.630. The first kappa shape index (κ1) is 21.5. The van der Waals surface area contributed by atoms with Gasteiger partial charge in [0.05, 0.1) is 5.41 Å². The van der Waals surface area contributed by atoms with Gasteiger partial charge < -0.3 is 14.5 Å². The molecule has 5 aliphatic rings. The summed E-state index contributed by atoms with van der Waals surface area (Å²) in [7, 11) is 1.86. The molecule has 1 unspecified atom stereocenters. The highest BCUT2D eigenvalue weighted by Gasteiger charge is 2.56. The van der Waals surface area contributed by atoms with Gasteiger partial charge in [0.15, 0.2) is 0 Å². The van der Waals surface area contributed by atoms with Crippen LogP contribution in [0.25, 0.3) is 0 Å². The van der Waals surface area contributed by atoms with Crippen LogP contribution in [0.4, 0.5) is 0 Å². The van der Waals surface area contributed by atoms with Gasteiger partial charge in [-0.2, -0.15) is 0 Å².